The number of fused-ring (bicyclic) bond motifs is 1. The highest BCUT2D eigenvalue weighted by molar-refractivity contribution is 5.96. The Hall–Kier alpha value is -2.98. The van der Waals surface area contributed by atoms with Gasteiger partial charge >= 0.3 is 0 Å². The minimum atomic E-state index is -0.750. The van der Waals surface area contributed by atoms with Crippen LogP contribution in [0.5, 0.6) is 5.75 Å². The minimum absolute atomic E-state index is 0. The van der Waals surface area contributed by atoms with Crippen molar-refractivity contribution in [1.29, 1.82) is 0 Å². The fraction of sp³-hybridized carbons (Fsp3) is 0.645. The third kappa shape index (κ3) is 7.69. The van der Waals surface area contributed by atoms with Crippen LogP contribution in [0.1, 0.15) is 78.2 Å². The second-order valence-electron chi connectivity index (χ2n) is 12.5. The van der Waals surface area contributed by atoms with Crippen LogP contribution in [-0.4, -0.2) is 77.3 Å². The van der Waals surface area contributed by atoms with Gasteiger partial charge in [0, 0.05) is 36.0 Å². The number of hydrogen-bond acceptors (Lipinski definition) is 8. The zero-order valence-electron chi connectivity index (χ0n) is 25.8. The molecule has 232 valence electrons. The zero-order chi connectivity index (χ0) is 29.7. The number of Topliss-reactive ketones (excluding diaryl/α,β-unsaturated/α-hetero) is 1. The number of amides is 2. The normalized spacial score (nSPS) is 19.1. The van der Waals surface area contributed by atoms with Crippen molar-refractivity contribution < 1.29 is 19.1 Å². The molecule has 11 heteroatoms. The maximum Gasteiger partial charge on any atom is 0.246 e. The van der Waals surface area contributed by atoms with E-state index in [1.165, 1.54) is 19.3 Å². The highest BCUT2D eigenvalue weighted by Gasteiger charge is 2.42. The molecule has 1 aliphatic heterocycles. The van der Waals surface area contributed by atoms with Crippen molar-refractivity contribution >= 4 is 46.7 Å². The first-order valence-electron chi connectivity index (χ1n) is 14.9. The number of halogens is 1. The van der Waals surface area contributed by atoms with Gasteiger partial charge in [-0.1, -0.05) is 40.0 Å². The monoisotopic (exact) mass is 602 g/mol. The van der Waals surface area contributed by atoms with Gasteiger partial charge in [-0.2, -0.15) is 0 Å². The number of carbonyl (C=O) groups is 3. The summed E-state index contributed by atoms with van der Waals surface area (Å²) in [5.74, 6) is 0.849. The van der Waals surface area contributed by atoms with Gasteiger partial charge in [-0.25, -0.2) is 9.97 Å². The van der Waals surface area contributed by atoms with Crippen LogP contribution in [0, 0.1) is 5.41 Å². The molecule has 1 saturated carbocycles. The van der Waals surface area contributed by atoms with Crippen molar-refractivity contribution in [2.75, 3.05) is 26.0 Å². The van der Waals surface area contributed by atoms with Crippen LogP contribution < -0.4 is 20.7 Å². The zero-order valence-corrected chi connectivity index (χ0v) is 26.6. The van der Waals surface area contributed by atoms with E-state index in [-0.39, 0.29) is 36.4 Å². The van der Waals surface area contributed by atoms with Gasteiger partial charge in [0.1, 0.15) is 23.9 Å². The molecule has 0 bridgehead atoms. The summed E-state index contributed by atoms with van der Waals surface area (Å²) in [6, 6.07) is 2.44. The molecule has 2 fully saturated rings. The number of ketones is 1. The Bertz CT molecular complexity index is 1260. The van der Waals surface area contributed by atoms with Crippen LogP contribution in [0.25, 0.3) is 10.9 Å². The smallest absolute Gasteiger partial charge is 0.246 e. The number of hydrogen-bond donors (Lipinski definition) is 3. The van der Waals surface area contributed by atoms with Gasteiger partial charge < -0.3 is 25.6 Å². The standard InChI is InChI=1S/C31H46N6O4.ClH/c1-19(32-5)29(39)36-27(31(2,3)4)30(40)37-14-10-13-24(37)25(38)16-20-15-22-23(17-26(20)41-6)33-18-34-28(22)35-21-11-8-7-9-12-21;/h15,17-19,21,24,27,32H,7-14,16H2,1-6H3,(H,36,39)(H,33,34,35);1H/t19-,24-,27+;/m0./s1. The molecule has 2 aliphatic rings. The van der Waals surface area contributed by atoms with E-state index < -0.39 is 23.5 Å². The summed E-state index contributed by atoms with van der Waals surface area (Å²) in [4.78, 5) is 51.0. The fourth-order valence-corrected chi connectivity index (χ4v) is 5.90. The summed E-state index contributed by atoms with van der Waals surface area (Å²) in [7, 11) is 3.29. The predicted molar refractivity (Wildman–Crippen MR) is 167 cm³/mol. The summed E-state index contributed by atoms with van der Waals surface area (Å²) in [6.45, 7) is 8.01. The van der Waals surface area contributed by atoms with Crippen LogP contribution in [0.3, 0.4) is 0 Å². The van der Waals surface area contributed by atoms with Crippen LogP contribution in [0.2, 0.25) is 0 Å². The summed E-state index contributed by atoms with van der Waals surface area (Å²) >= 11 is 0. The summed E-state index contributed by atoms with van der Waals surface area (Å²) in [6.07, 6.45) is 8.91. The fourth-order valence-electron chi connectivity index (χ4n) is 5.90. The third-order valence-electron chi connectivity index (χ3n) is 8.48. The van der Waals surface area contributed by atoms with Gasteiger partial charge in [0.2, 0.25) is 11.8 Å². The predicted octanol–water partition coefficient (Wildman–Crippen LogP) is 4.05. The van der Waals surface area contributed by atoms with E-state index >= 15 is 0 Å². The SMILES string of the molecule is CN[C@@H](C)C(=O)N[C@H](C(=O)N1CCC[C@H]1C(=O)Cc1cc2c(NC3CCCCC3)ncnc2cc1OC)C(C)(C)C.Cl. The van der Waals surface area contributed by atoms with Crippen molar-refractivity contribution in [1.82, 2.24) is 25.5 Å². The molecule has 0 radical (unpaired) electrons. The average Bonchev–Trinajstić information content (AvgIpc) is 3.45. The molecule has 42 heavy (non-hydrogen) atoms. The molecule has 2 heterocycles. The number of rotatable bonds is 10. The second kappa shape index (κ2) is 14.5. The molecule has 4 rings (SSSR count). The first-order valence-corrected chi connectivity index (χ1v) is 14.9. The highest BCUT2D eigenvalue weighted by Crippen LogP contribution is 2.32. The van der Waals surface area contributed by atoms with Crippen molar-refractivity contribution in [2.45, 2.75) is 103 Å². The minimum Gasteiger partial charge on any atom is -0.496 e. The maximum atomic E-state index is 13.8. The first-order chi connectivity index (χ1) is 19.5. The van der Waals surface area contributed by atoms with E-state index in [0.717, 1.165) is 41.5 Å². The quantitative estimate of drug-likeness (QED) is 0.372. The van der Waals surface area contributed by atoms with Gasteiger partial charge in [-0.05, 0) is 51.1 Å². The van der Waals surface area contributed by atoms with Crippen LogP contribution in [0.4, 0.5) is 5.82 Å². The number of anilines is 1. The average molecular weight is 603 g/mol. The Morgan fingerprint density at radius 1 is 1.07 bits per heavy atom. The molecule has 0 unspecified atom stereocenters. The van der Waals surface area contributed by atoms with Crippen LogP contribution >= 0.6 is 12.4 Å². The largest absolute Gasteiger partial charge is 0.496 e. The number of methoxy groups -OCH3 is 1. The molecule has 10 nitrogen and oxygen atoms in total. The van der Waals surface area contributed by atoms with E-state index in [1.807, 2.05) is 32.9 Å². The number of likely N-dealkylation sites (N-methyl/N-ethyl adjacent to an activating group) is 1. The van der Waals surface area contributed by atoms with Crippen LogP contribution in [-0.2, 0) is 20.8 Å². The Labute approximate surface area is 255 Å². The van der Waals surface area contributed by atoms with Gasteiger partial charge in [0.05, 0.1) is 24.7 Å². The van der Waals surface area contributed by atoms with Crippen molar-refractivity contribution in [3.63, 3.8) is 0 Å². The number of aromatic nitrogens is 2. The lowest BCUT2D eigenvalue weighted by Crippen LogP contribution is -2.58. The molecule has 1 saturated heterocycles. The summed E-state index contributed by atoms with van der Waals surface area (Å²) < 4.78 is 5.67. The van der Waals surface area contributed by atoms with Crippen LogP contribution in [0.15, 0.2) is 18.5 Å². The molecule has 2 aromatic rings. The topological polar surface area (TPSA) is 126 Å². The van der Waals surface area contributed by atoms with Crippen molar-refractivity contribution in [2.24, 2.45) is 5.41 Å². The molecular formula is C31H47ClN6O4. The van der Waals surface area contributed by atoms with Gasteiger partial charge in [-0.15, -0.1) is 12.4 Å². The lowest BCUT2D eigenvalue weighted by molar-refractivity contribution is -0.143. The first kappa shape index (κ1) is 33.5. The lowest BCUT2D eigenvalue weighted by Gasteiger charge is -2.36. The lowest BCUT2D eigenvalue weighted by atomic mass is 9.85. The summed E-state index contributed by atoms with van der Waals surface area (Å²) in [5.41, 5.74) is 0.970. The molecule has 0 spiro atoms. The van der Waals surface area contributed by atoms with Crippen molar-refractivity contribution in [3.05, 3.63) is 24.0 Å². The number of nitrogens with zero attached hydrogens (tertiary/aromatic N) is 3. The van der Waals surface area contributed by atoms with Crippen molar-refractivity contribution in [3.8, 4) is 5.75 Å². The Morgan fingerprint density at radius 3 is 2.43 bits per heavy atom. The number of benzene rings is 1. The molecule has 1 aliphatic carbocycles. The number of carbonyl (C=O) groups excluding carboxylic acids is 3. The van der Waals surface area contributed by atoms with E-state index in [9.17, 15) is 14.4 Å². The Morgan fingerprint density at radius 2 is 1.79 bits per heavy atom. The van der Waals surface area contributed by atoms with Gasteiger partial charge in [0.25, 0.3) is 0 Å². The van der Waals surface area contributed by atoms with E-state index in [0.29, 0.717) is 24.8 Å². The van der Waals surface area contributed by atoms with E-state index in [1.54, 1.807) is 32.3 Å². The van der Waals surface area contributed by atoms with Gasteiger partial charge in [-0.3, -0.25) is 14.4 Å². The second-order valence-corrected chi connectivity index (χ2v) is 12.5. The molecule has 1 aromatic heterocycles. The number of nitrogens with one attached hydrogen (secondary N) is 3. The van der Waals surface area contributed by atoms with E-state index in [2.05, 4.69) is 25.9 Å². The Kier molecular flexibility index (Phi) is 11.5. The molecule has 1 aromatic carbocycles. The molecule has 2 amide bonds. The number of likely N-dealkylation sites (tertiary alicyclic amines) is 1. The molecule has 3 N–H and O–H groups in total. The van der Waals surface area contributed by atoms with E-state index in [4.69, 9.17) is 4.74 Å². The molecular weight excluding hydrogens is 556 g/mol. The van der Waals surface area contributed by atoms with Gasteiger partial charge in [0.15, 0.2) is 5.78 Å². The highest BCUT2D eigenvalue weighted by atomic mass is 35.5. The third-order valence-corrected chi connectivity index (χ3v) is 8.48. The number of ether oxygens (including phenoxy) is 1. The summed E-state index contributed by atoms with van der Waals surface area (Å²) in [5, 5.41) is 10.3. The molecule has 3 atom stereocenters. The Balaban J connectivity index is 0.00000484. The maximum absolute atomic E-state index is 13.8.